The topological polar surface area (TPSA) is 74.3 Å². The van der Waals surface area contributed by atoms with Gasteiger partial charge in [0, 0.05) is 19.2 Å². The average Bonchev–Trinajstić information content (AvgIpc) is 3.04. The Hall–Kier alpha value is -2.09. The molecule has 3 heterocycles. The number of imidazole rings is 1. The molecule has 0 saturated carbocycles. The molecule has 0 saturated heterocycles. The Balaban J connectivity index is 1.76. The van der Waals surface area contributed by atoms with E-state index in [1.165, 1.54) is 11.0 Å². The molecule has 3 aromatic rings. The molecule has 3 aromatic heterocycles. The Labute approximate surface area is 118 Å². The summed E-state index contributed by atoms with van der Waals surface area (Å²) >= 11 is 6.04. The molecule has 0 spiro atoms. The van der Waals surface area contributed by atoms with Crippen molar-refractivity contribution in [2.75, 3.05) is 6.67 Å². The normalized spacial score (nSPS) is 11.3. The second kappa shape index (κ2) is 5.49. The van der Waals surface area contributed by atoms with Gasteiger partial charge < -0.3 is 4.57 Å². The van der Waals surface area contributed by atoms with Crippen molar-refractivity contribution < 1.29 is 4.39 Å². The minimum absolute atomic E-state index is 0.223. The lowest BCUT2D eigenvalue weighted by molar-refractivity contribution is 0.422. The van der Waals surface area contributed by atoms with E-state index in [-0.39, 0.29) is 6.54 Å². The third-order valence-electron chi connectivity index (χ3n) is 2.87. The number of hydrogen-bond donors (Lipinski definition) is 0. The Morgan fingerprint density at radius 3 is 2.95 bits per heavy atom. The van der Waals surface area contributed by atoms with Crippen molar-refractivity contribution in [3.63, 3.8) is 0 Å². The fourth-order valence-electron chi connectivity index (χ4n) is 1.93. The Bertz CT molecular complexity index is 722. The number of alkyl halides is 1. The molecule has 0 aromatic carbocycles. The molecule has 0 fully saturated rings. The zero-order chi connectivity index (χ0) is 13.9. The van der Waals surface area contributed by atoms with Crippen LogP contribution < -0.4 is 0 Å². The minimum Gasteiger partial charge on any atom is -0.326 e. The number of rotatable bonds is 5. The highest BCUT2D eigenvalue weighted by Gasteiger charge is 2.09. The number of hydrogen-bond acceptors (Lipinski definition) is 5. The third kappa shape index (κ3) is 2.46. The van der Waals surface area contributed by atoms with Gasteiger partial charge in [-0.15, -0.1) is 5.10 Å². The molecule has 0 N–H and O–H groups in total. The standard InChI is InChI=1S/C11H11ClFN7/c12-10-9-11(15-6-14-10)16-7-19(9)3-1-8-5-20(4-2-13)18-17-8/h5-7H,1-4H2. The predicted molar refractivity (Wildman–Crippen MR) is 70.0 cm³/mol. The maximum atomic E-state index is 12.2. The van der Waals surface area contributed by atoms with Crippen LogP contribution in [0.4, 0.5) is 4.39 Å². The van der Waals surface area contributed by atoms with Crippen molar-refractivity contribution in [3.8, 4) is 0 Å². The molecule has 7 nitrogen and oxygen atoms in total. The van der Waals surface area contributed by atoms with Gasteiger partial charge in [0.25, 0.3) is 0 Å². The summed E-state index contributed by atoms with van der Waals surface area (Å²) < 4.78 is 15.5. The van der Waals surface area contributed by atoms with Gasteiger partial charge in [0.2, 0.25) is 0 Å². The van der Waals surface area contributed by atoms with Crippen molar-refractivity contribution >= 4 is 22.8 Å². The van der Waals surface area contributed by atoms with Crippen molar-refractivity contribution in [2.45, 2.75) is 19.5 Å². The first-order valence-electron chi connectivity index (χ1n) is 6.04. The van der Waals surface area contributed by atoms with Gasteiger partial charge in [-0.3, -0.25) is 0 Å². The first kappa shape index (κ1) is 12.9. The molecule has 0 aliphatic heterocycles. The molecular weight excluding hydrogens is 285 g/mol. The van der Waals surface area contributed by atoms with Crippen molar-refractivity contribution in [1.82, 2.24) is 34.5 Å². The maximum Gasteiger partial charge on any atom is 0.182 e. The van der Waals surface area contributed by atoms with Crippen LogP contribution in [0.5, 0.6) is 0 Å². The van der Waals surface area contributed by atoms with Crippen LogP contribution in [-0.2, 0) is 19.5 Å². The number of fused-ring (bicyclic) bond motifs is 1. The fourth-order valence-corrected chi connectivity index (χ4v) is 2.16. The summed E-state index contributed by atoms with van der Waals surface area (Å²) in [4.78, 5) is 12.2. The van der Waals surface area contributed by atoms with E-state index in [2.05, 4.69) is 25.3 Å². The molecule has 0 aliphatic rings. The Morgan fingerprint density at radius 2 is 2.10 bits per heavy atom. The van der Waals surface area contributed by atoms with Gasteiger partial charge in [0.05, 0.1) is 18.6 Å². The largest absolute Gasteiger partial charge is 0.326 e. The molecular formula is C11H11ClFN7. The summed E-state index contributed by atoms with van der Waals surface area (Å²) in [6.07, 6.45) is 5.42. The number of nitrogens with zero attached hydrogens (tertiary/aromatic N) is 7. The van der Waals surface area contributed by atoms with Gasteiger partial charge in [-0.25, -0.2) is 24.0 Å². The Morgan fingerprint density at radius 1 is 1.20 bits per heavy atom. The van der Waals surface area contributed by atoms with Gasteiger partial charge in [-0.1, -0.05) is 16.8 Å². The number of aryl methyl sites for hydroxylation is 3. The predicted octanol–water partition coefficient (Wildman–Crippen LogP) is 1.28. The van der Waals surface area contributed by atoms with Gasteiger partial charge in [0.15, 0.2) is 10.8 Å². The van der Waals surface area contributed by atoms with Gasteiger partial charge >= 0.3 is 0 Å². The molecule has 20 heavy (non-hydrogen) atoms. The van der Waals surface area contributed by atoms with Crippen LogP contribution in [0.25, 0.3) is 11.2 Å². The summed E-state index contributed by atoms with van der Waals surface area (Å²) in [7, 11) is 0. The molecule has 0 bridgehead atoms. The van der Waals surface area contributed by atoms with Crippen LogP contribution in [0, 0.1) is 0 Å². The van der Waals surface area contributed by atoms with E-state index in [9.17, 15) is 4.39 Å². The molecule has 104 valence electrons. The van der Waals surface area contributed by atoms with Crippen LogP contribution >= 0.6 is 11.6 Å². The van der Waals surface area contributed by atoms with Crippen LogP contribution in [0.3, 0.4) is 0 Å². The quantitative estimate of drug-likeness (QED) is 0.663. The summed E-state index contributed by atoms with van der Waals surface area (Å²) in [6.45, 7) is 0.389. The van der Waals surface area contributed by atoms with Gasteiger partial charge in [-0.2, -0.15) is 0 Å². The van der Waals surface area contributed by atoms with Crippen LogP contribution in [0.15, 0.2) is 18.9 Å². The lowest BCUT2D eigenvalue weighted by Gasteiger charge is -2.02. The Kier molecular flexibility index (Phi) is 3.55. The third-order valence-corrected chi connectivity index (χ3v) is 3.15. The van der Waals surface area contributed by atoms with Crippen molar-refractivity contribution in [3.05, 3.63) is 29.7 Å². The van der Waals surface area contributed by atoms with Crippen molar-refractivity contribution in [1.29, 1.82) is 0 Å². The van der Waals surface area contributed by atoms with E-state index in [0.29, 0.717) is 29.3 Å². The molecule has 9 heteroatoms. The molecule has 0 unspecified atom stereocenters. The SMILES string of the molecule is FCCn1cc(CCn2cnc3ncnc(Cl)c32)nn1. The molecule has 3 rings (SSSR count). The highest BCUT2D eigenvalue weighted by molar-refractivity contribution is 6.33. The first-order chi connectivity index (χ1) is 9.78. The highest BCUT2D eigenvalue weighted by Crippen LogP contribution is 2.18. The molecule has 0 aliphatic carbocycles. The second-order valence-electron chi connectivity index (χ2n) is 4.19. The molecule has 0 radical (unpaired) electrons. The highest BCUT2D eigenvalue weighted by atomic mass is 35.5. The van der Waals surface area contributed by atoms with E-state index in [1.54, 1.807) is 12.5 Å². The van der Waals surface area contributed by atoms with E-state index in [1.807, 2.05) is 4.57 Å². The van der Waals surface area contributed by atoms with Crippen LogP contribution in [-0.4, -0.2) is 41.2 Å². The second-order valence-corrected chi connectivity index (χ2v) is 4.54. The molecule has 0 atom stereocenters. The summed E-state index contributed by atoms with van der Waals surface area (Å²) in [5.74, 6) is 0. The summed E-state index contributed by atoms with van der Waals surface area (Å²) in [6, 6.07) is 0. The van der Waals surface area contributed by atoms with E-state index < -0.39 is 6.67 Å². The smallest absolute Gasteiger partial charge is 0.182 e. The van der Waals surface area contributed by atoms with Crippen LogP contribution in [0.2, 0.25) is 5.15 Å². The lowest BCUT2D eigenvalue weighted by Crippen LogP contribution is -2.01. The summed E-state index contributed by atoms with van der Waals surface area (Å²) in [5, 5.41) is 8.19. The van der Waals surface area contributed by atoms with Gasteiger partial charge in [0.1, 0.15) is 18.5 Å². The monoisotopic (exact) mass is 295 g/mol. The minimum atomic E-state index is -0.456. The number of aromatic nitrogens is 7. The van der Waals surface area contributed by atoms with E-state index in [4.69, 9.17) is 11.6 Å². The maximum absolute atomic E-state index is 12.2. The fraction of sp³-hybridized carbons (Fsp3) is 0.364. The zero-order valence-corrected chi connectivity index (χ0v) is 11.2. The summed E-state index contributed by atoms with van der Waals surface area (Å²) in [5.41, 5.74) is 2.05. The zero-order valence-electron chi connectivity index (χ0n) is 10.4. The van der Waals surface area contributed by atoms with Crippen LogP contribution in [0.1, 0.15) is 5.69 Å². The van der Waals surface area contributed by atoms with E-state index >= 15 is 0 Å². The lowest BCUT2D eigenvalue weighted by atomic mass is 10.3. The van der Waals surface area contributed by atoms with Gasteiger partial charge in [-0.05, 0) is 0 Å². The van der Waals surface area contributed by atoms with E-state index in [0.717, 1.165) is 5.69 Å². The number of halogens is 2. The molecule has 0 amide bonds. The average molecular weight is 296 g/mol. The van der Waals surface area contributed by atoms with Crippen molar-refractivity contribution in [2.24, 2.45) is 0 Å². The first-order valence-corrected chi connectivity index (χ1v) is 6.42.